The van der Waals surface area contributed by atoms with E-state index in [2.05, 4.69) is 10.2 Å². The van der Waals surface area contributed by atoms with Gasteiger partial charge in [0.05, 0.1) is 40.5 Å². The number of fused-ring (bicyclic) bond motifs is 1. The molecule has 4 rings (SSSR count). The first kappa shape index (κ1) is 21.3. The van der Waals surface area contributed by atoms with Crippen LogP contribution < -0.4 is 15.9 Å². The van der Waals surface area contributed by atoms with Crippen molar-refractivity contribution in [3.8, 4) is 0 Å². The third-order valence-corrected chi connectivity index (χ3v) is 5.53. The number of benzene rings is 2. The molecule has 2 heterocycles. The first-order chi connectivity index (χ1) is 15.3. The molecule has 1 saturated heterocycles. The number of hydrogen-bond acceptors (Lipinski definition) is 6. The highest BCUT2D eigenvalue weighted by Gasteiger charge is 2.19. The molecule has 3 aromatic rings. The normalized spacial score (nSPS) is 14.2. The van der Waals surface area contributed by atoms with Crippen molar-refractivity contribution in [2.45, 2.75) is 0 Å². The molecule has 1 aliphatic heterocycles. The van der Waals surface area contributed by atoms with Gasteiger partial charge in [-0.1, -0.05) is 0 Å². The van der Waals surface area contributed by atoms with Gasteiger partial charge in [0.2, 0.25) is 5.91 Å². The largest absolute Gasteiger partial charge is 0.378 e. The summed E-state index contributed by atoms with van der Waals surface area (Å²) in [5.74, 6) is -0.349. The molecule has 1 N–H and O–H groups in total. The zero-order valence-corrected chi connectivity index (χ0v) is 17.8. The number of aromatic nitrogens is 2. The number of nitro groups is 1. The van der Waals surface area contributed by atoms with Gasteiger partial charge in [0.1, 0.15) is 0 Å². The number of nitro benzene ring substituents is 1. The van der Waals surface area contributed by atoms with Gasteiger partial charge in [-0.15, -0.1) is 0 Å². The number of amides is 1. The van der Waals surface area contributed by atoms with E-state index in [0.717, 1.165) is 11.2 Å². The van der Waals surface area contributed by atoms with Gasteiger partial charge in [0.15, 0.2) is 0 Å². The van der Waals surface area contributed by atoms with Crippen LogP contribution in [0.1, 0.15) is 5.56 Å². The summed E-state index contributed by atoms with van der Waals surface area (Å²) in [4.78, 5) is 37.5. The number of carbonyl (C=O) groups is 1. The molecule has 2 aromatic carbocycles. The van der Waals surface area contributed by atoms with Gasteiger partial charge in [-0.3, -0.25) is 24.0 Å². The molecular weight excluding hydrogens is 414 g/mol. The van der Waals surface area contributed by atoms with Gasteiger partial charge in [-0.2, -0.15) is 0 Å². The lowest BCUT2D eigenvalue weighted by molar-refractivity contribution is -0.384. The van der Waals surface area contributed by atoms with E-state index in [1.54, 1.807) is 47.5 Å². The van der Waals surface area contributed by atoms with Crippen molar-refractivity contribution in [2.75, 3.05) is 36.5 Å². The lowest BCUT2D eigenvalue weighted by Gasteiger charge is -2.30. The number of nitrogens with zero attached hydrogens (tertiary/aromatic N) is 4. The van der Waals surface area contributed by atoms with E-state index in [1.807, 2.05) is 6.07 Å². The van der Waals surface area contributed by atoms with Crippen LogP contribution >= 0.6 is 0 Å². The van der Waals surface area contributed by atoms with Crippen molar-refractivity contribution in [1.29, 1.82) is 0 Å². The fourth-order valence-electron chi connectivity index (χ4n) is 3.75. The highest BCUT2D eigenvalue weighted by Crippen LogP contribution is 2.31. The van der Waals surface area contributed by atoms with Crippen molar-refractivity contribution in [3.63, 3.8) is 0 Å². The molecular formula is C22H23N5O5. The van der Waals surface area contributed by atoms with E-state index in [-0.39, 0.29) is 17.3 Å². The summed E-state index contributed by atoms with van der Waals surface area (Å²) in [6.45, 7) is 2.51. The third kappa shape index (κ3) is 4.12. The molecule has 1 aromatic heterocycles. The molecule has 1 aliphatic rings. The van der Waals surface area contributed by atoms with Crippen molar-refractivity contribution in [3.05, 3.63) is 68.6 Å². The minimum atomic E-state index is -0.472. The molecule has 0 saturated carbocycles. The molecule has 1 fully saturated rings. The van der Waals surface area contributed by atoms with Crippen molar-refractivity contribution >= 4 is 40.1 Å². The summed E-state index contributed by atoms with van der Waals surface area (Å²) in [6.07, 6.45) is 2.96. The van der Waals surface area contributed by atoms with Crippen LogP contribution in [0.5, 0.6) is 0 Å². The van der Waals surface area contributed by atoms with Gasteiger partial charge < -0.3 is 15.0 Å². The molecule has 32 heavy (non-hydrogen) atoms. The van der Waals surface area contributed by atoms with Crippen LogP contribution in [-0.4, -0.2) is 46.3 Å². The first-order valence-electron chi connectivity index (χ1n) is 10.1. The van der Waals surface area contributed by atoms with Crippen LogP contribution in [0.15, 0.2) is 47.3 Å². The van der Waals surface area contributed by atoms with E-state index < -0.39 is 4.92 Å². The Morgan fingerprint density at radius 3 is 2.34 bits per heavy atom. The molecule has 0 atom stereocenters. The van der Waals surface area contributed by atoms with Gasteiger partial charge in [-0.05, 0) is 35.9 Å². The van der Waals surface area contributed by atoms with Crippen LogP contribution in [0.2, 0.25) is 0 Å². The zero-order chi connectivity index (χ0) is 22.8. The predicted octanol–water partition coefficient (Wildman–Crippen LogP) is 2.27. The van der Waals surface area contributed by atoms with E-state index in [1.165, 1.54) is 18.2 Å². The fourth-order valence-corrected chi connectivity index (χ4v) is 3.75. The first-order valence-corrected chi connectivity index (χ1v) is 10.1. The lowest BCUT2D eigenvalue weighted by atomic mass is 10.1. The average Bonchev–Trinajstić information content (AvgIpc) is 3.01. The lowest BCUT2D eigenvalue weighted by Crippen LogP contribution is -2.36. The maximum atomic E-state index is 12.7. The summed E-state index contributed by atoms with van der Waals surface area (Å²) in [5.41, 5.74) is 3.42. The second-order valence-corrected chi connectivity index (χ2v) is 7.53. The number of aryl methyl sites for hydroxylation is 2. The van der Waals surface area contributed by atoms with E-state index in [0.29, 0.717) is 43.1 Å². The summed E-state index contributed by atoms with van der Waals surface area (Å²) in [6, 6.07) is 9.65. The van der Waals surface area contributed by atoms with Crippen LogP contribution in [0, 0.1) is 10.1 Å². The summed E-state index contributed by atoms with van der Waals surface area (Å²) < 4.78 is 8.57. The Balaban J connectivity index is 1.64. The van der Waals surface area contributed by atoms with Gasteiger partial charge >= 0.3 is 5.69 Å². The second kappa shape index (κ2) is 8.67. The minimum absolute atomic E-state index is 0.0106. The van der Waals surface area contributed by atoms with Crippen molar-refractivity contribution in [1.82, 2.24) is 9.13 Å². The Kier molecular flexibility index (Phi) is 5.78. The molecule has 0 aliphatic carbocycles. The number of nitrogens with one attached hydrogen (secondary N) is 1. The number of hydrogen-bond donors (Lipinski definition) is 1. The SMILES string of the molecule is Cn1c(=O)n(C)c2cc(N3CCOCC3)c(NC(=O)/C=C/c3ccc([N+](=O)[O-])cc3)cc21. The minimum Gasteiger partial charge on any atom is -0.378 e. The van der Waals surface area contributed by atoms with E-state index in [4.69, 9.17) is 4.74 Å². The Bertz CT molecular complexity index is 1270. The molecule has 166 valence electrons. The van der Waals surface area contributed by atoms with Crippen molar-refractivity contribution in [2.24, 2.45) is 14.1 Å². The van der Waals surface area contributed by atoms with Crippen LogP contribution in [0.3, 0.4) is 0 Å². The van der Waals surface area contributed by atoms with E-state index >= 15 is 0 Å². The molecule has 0 radical (unpaired) electrons. The molecule has 1 amide bonds. The number of morpholine rings is 1. The molecule has 10 nitrogen and oxygen atoms in total. The van der Waals surface area contributed by atoms with E-state index in [9.17, 15) is 19.7 Å². The quantitative estimate of drug-likeness (QED) is 0.372. The summed E-state index contributed by atoms with van der Waals surface area (Å²) in [5, 5.41) is 13.7. The second-order valence-electron chi connectivity index (χ2n) is 7.53. The third-order valence-electron chi connectivity index (χ3n) is 5.53. The Hall–Kier alpha value is -3.92. The van der Waals surface area contributed by atoms with Gasteiger partial charge in [0.25, 0.3) is 5.69 Å². The topological polar surface area (TPSA) is 112 Å². The zero-order valence-electron chi connectivity index (χ0n) is 17.8. The predicted molar refractivity (Wildman–Crippen MR) is 122 cm³/mol. The Labute approximate surface area is 183 Å². The standard InChI is InChI=1S/C22H23N5O5/c1-24-19-13-17(23-21(28)8-5-15-3-6-16(7-4-15)27(30)31)18(26-9-11-32-12-10-26)14-20(19)25(2)22(24)29/h3-8,13-14H,9-12H2,1-2H3,(H,23,28)/b8-5+. The molecule has 0 spiro atoms. The number of non-ortho nitro benzene ring substituents is 1. The monoisotopic (exact) mass is 437 g/mol. The average molecular weight is 437 g/mol. The Morgan fingerprint density at radius 1 is 1.09 bits per heavy atom. The van der Waals surface area contributed by atoms with Crippen LogP contribution in [0.25, 0.3) is 17.1 Å². The smallest absolute Gasteiger partial charge is 0.328 e. The van der Waals surface area contributed by atoms with Crippen LogP contribution in [-0.2, 0) is 23.6 Å². The summed E-state index contributed by atoms with van der Waals surface area (Å²) >= 11 is 0. The number of rotatable bonds is 5. The number of imidazole rings is 1. The maximum Gasteiger partial charge on any atom is 0.328 e. The number of anilines is 2. The summed E-state index contributed by atoms with van der Waals surface area (Å²) in [7, 11) is 3.41. The van der Waals surface area contributed by atoms with Gasteiger partial charge in [0, 0.05) is 45.4 Å². The molecule has 0 unspecified atom stereocenters. The highest BCUT2D eigenvalue weighted by atomic mass is 16.6. The number of carbonyl (C=O) groups excluding carboxylic acids is 1. The fraction of sp³-hybridized carbons (Fsp3) is 0.273. The van der Waals surface area contributed by atoms with Gasteiger partial charge in [-0.25, -0.2) is 4.79 Å². The number of ether oxygens (including phenoxy) is 1. The van der Waals surface area contributed by atoms with Crippen molar-refractivity contribution < 1.29 is 14.5 Å². The maximum absolute atomic E-state index is 12.7. The highest BCUT2D eigenvalue weighted by molar-refractivity contribution is 6.05. The molecule has 0 bridgehead atoms. The van der Waals surface area contributed by atoms with Crippen LogP contribution in [0.4, 0.5) is 17.1 Å². The Morgan fingerprint density at radius 2 is 1.72 bits per heavy atom. The molecule has 10 heteroatoms.